The van der Waals surface area contributed by atoms with Crippen molar-refractivity contribution in [3.8, 4) is 0 Å². The van der Waals surface area contributed by atoms with Gasteiger partial charge in [0.2, 0.25) is 0 Å². The van der Waals surface area contributed by atoms with Gasteiger partial charge in [-0.25, -0.2) is 4.98 Å². The molecule has 1 saturated heterocycles. The molecule has 1 aromatic heterocycles. The smallest absolute Gasteiger partial charge is 0.128 e. The van der Waals surface area contributed by atoms with Crippen molar-refractivity contribution >= 4 is 18.2 Å². The lowest BCUT2D eigenvalue weighted by Crippen LogP contribution is -2.23. The molecule has 0 amide bonds. The molecule has 4 nitrogen and oxygen atoms in total. The van der Waals surface area contributed by atoms with Crippen LogP contribution in [0.25, 0.3) is 0 Å². The van der Waals surface area contributed by atoms with Crippen molar-refractivity contribution in [2.75, 3.05) is 38.1 Å². The second kappa shape index (κ2) is 7.68. The highest BCUT2D eigenvalue weighted by molar-refractivity contribution is 5.85. The topological polar surface area (TPSA) is 45.4 Å². The second-order valence-electron chi connectivity index (χ2n) is 5.16. The highest BCUT2D eigenvalue weighted by Gasteiger charge is 2.20. The molecule has 5 heteroatoms. The van der Waals surface area contributed by atoms with Crippen LogP contribution in [0.4, 0.5) is 5.82 Å². The lowest BCUT2D eigenvalue weighted by atomic mass is 10.1. The molecule has 0 spiro atoms. The number of halogens is 1. The van der Waals surface area contributed by atoms with Crippen LogP contribution in [-0.2, 0) is 6.54 Å². The SMILES string of the molecule is CCN(C)c1ccc(CN2CCC(CN)C2)cn1.Cl. The van der Waals surface area contributed by atoms with Crippen LogP contribution in [0.2, 0.25) is 0 Å². The minimum absolute atomic E-state index is 0. The molecule has 0 bridgehead atoms. The Morgan fingerprint density at radius 2 is 2.26 bits per heavy atom. The van der Waals surface area contributed by atoms with E-state index in [1.807, 2.05) is 6.20 Å². The van der Waals surface area contributed by atoms with Crippen molar-refractivity contribution in [2.24, 2.45) is 11.7 Å². The monoisotopic (exact) mass is 284 g/mol. The maximum atomic E-state index is 5.71. The molecule has 2 heterocycles. The zero-order valence-corrected chi connectivity index (χ0v) is 12.7. The molecule has 0 aliphatic carbocycles. The van der Waals surface area contributed by atoms with E-state index < -0.39 is 0 Å². The third-order valence-electron chi connectivity index (χ3n) is 3.78. The Labute approximate surface area is 122 Å². The van der Waals surface area contributed by atoms with Gasteiger partial charge >= 0.3 is 0 Å². The first-order valence-corrected chi connectivity index (χ1v) is 6.81. The van der Waals surface area contributed by atoms with Crippen LogP contribution in [0.5, 0.6) is 0 Å². The summed E-state index contributed by atoms with van der Waals surface area (Å²) in [5.74, 6) is 1.73. The molecule has 1 fully saturated rings. The number of anilines is 1. The maximum Gasteiger partial charge on any atom is 0.128 e. The van der Waals surface area contributed by atoms with Gasteiger partial charge in [0.05, 0.1) is 0 Å². The Balaban J connectivity index is 0.00000180. The molecule has 0 radical (unpaired) electrons. The average molecular weight is 285 g/mol. The normalized spacial score (nSPS) is 19.2. The average Bonchev–Trinajstić information content (AvgIpc) is 2.86. The summed E-state index contributed by atoms with van der Waals surface area (Å²) < 4.78 is 0. The van der Waals surface area contributed by atoms with E-state index >= 15 is 0 Å². The molecule has 108 valence electrons. The van der Waals surface area contributed by atoms with Crippen molar-refractivity contribution < 1.29 is 0 Å². The molecule has 0 saturated carbocycles. The summed E-state index contributed by atoms with van der Waals surface area (Å²) in [6.45, 7) is 7.23. The lowest BCUT2D eigenvalue weighted by molar-refractivity contribution is 0.317. The largest absolute Gasteiger partial charge is 0.360 e. The molecule has 1 unspecified atom stereocenters. The van der Waals surface area contributed by atoms with Crippen LogP contribution in [0, 0.1) is 5.92 Å². The molecule has 1 aliphatic rings. The molecule has 0 aromatic carbocycles. The second-order valence-corrected chi connectivity index (χ2v) is 5.16. The fourth-order valence-electron chi connectivity index (χ4n) is 2.41. The minimum Gasteiger partial charge on any atom is -0.360 e. The molecule has 1 aromatic rings. The number of likely N-dealkylation sites (tertiary alicyclic amines) is 1. The van der Waals surface area contributed by atoms with Gasteiger partial charge in [0, 0.05) is 32.9 Å². The number of rotatable bonds is 5. The molecular weight excluding hydrogens is 260 g/mol. The number of pyridine rings is 1. The highest BCUT2D eigenvalue weighted by atomic mass is 35.5. The predicted molar refractivity (Wildman–Crippen MR) is 82.9 cm³/mol. The van der Waals surface area contributed by atoms with Crippen molar-refractivity contribution in [3.05, 3.63) is 23.9 Å². The summed E-state index contributed by atoms with van der Waals surface area (Å²) in [6.07, 6.45) is 3.23. The molecule has 1 atom stereocenters. The summed E-state index contributed by atoms with van der Waals surface area (Å²) in [5.41, 5.74) is 7.01. The summed E-state index contributed by atoms with van der Waals surface area (Å²) in [7, 11) is 2.06. The first-order chi connectivity index (χ1) is 8.72. The van der Waals surface area contributed by atoms with E-state index in [9.17, 15) is 0 Å². The third kappa shape index (κ3) is 4.34. The van der Waals surface area contributed by atoms with Gasteiger partial charge in [-0.2, -0.15) is 0 Å². The predicted octanol–water partition coefficient (Wildman–Crippen LogP) is 1.74. The van der Waals surface area contributed by atoms with Crippen LogP contribution in [0.15, 0.2) is 18.3 Å². The number of hydrogen-bond donors (Lipinski definition) is 1. The molecule has 2 N–H and O–H groups in total. The van der Waals surface area contributed by atoms with E-state index in [1.54, 1.807) is 0 Å². The van der Waals surface area contributed by atoms with E-state index in [2.05, 4.69) is 40.9 Å². The van der Waals surface area contributed by atoms with Gasteiger partial charge in [0.15, 0.2) is 0 Å². The Morgan fingerprint density at radius 1 is 1.47 bits per heavy atom. The Bertz CT molecular complexity index is 368. The van der Waals surface area contributed by atoms with Crippen molar-refractivity contribution in [2.45, 2.75) is 19.9 Å². The Morgan fingerprint density at radius 3 is 2.79 bits per heavy atom. The molecule has 19 heavy (non-hydrogen) atoms. The van der Waals surface area contributed by atoms with Gasteiger partial charge < -0.3 is 10.6 Å². The zero-order chi connectivity index (χ0) is 13.0. The number of nitrogens with two attached hydrogens (primary N) is 1. The number of hydrogen-bond acceptors (Lipinski definition) is 4. The van der Waals surface area contributed by atoms with Crippen molar-refractivity contribution in [1.29, 1.82) is 0 Å². The fraction of sp³-hybridized carbons (Fsp3) is 0.643. The summed E-state index contributed by atoms with van der Waals surface area (Å²) in [4.78, 5) is 9.12. The van der Waals surface area contributed by atoms with Gasteiger partial charge in [-0.1, -0.05) is 6.07 Å². The zero-order valence-electron chi connectivity index (χ0n) is 11.9. The summed E-state index contributed by atoms with van der Waals surface area (Å²) >= 11 is 0. The minimum atomic E-state index is 0. The van der Waals surface area contributed by atoms with Gasteiger partial charge in [-0.05, 0) is 44.0 Å². The summed E-state index contributed by atoms with van der Waals surface area (Å²) in [6, 6.07) is 4.29. The van der Waals surface area contributed by atoms with Gasteiger partial charge in [0.1, 0.15) is 5.82 Å². The van der Waals surface area contributed by atoms with Crippen LogP contribution < -0.4 is 10.6 Å². The highest BCUT2D eigenvalue weighted by Crippen LogP contribution is 2.18. The summed E-state index contributed by atoms with van der Waals surface area (Å²) in [5, 5.41) is 0. The first-order valence-electron chi connectivity index (χ1n) is 6.81. The van der Waals surface area contributed by atoms with Gasteiger partial charge in [-0.3, -0.25) is 4.90 Å². The van der Waals surface area contributed by atoms with E-state index in [4.69, 9.17) is 5.73 Å². The molecule has 1 aliphatic heterocycles. The Kier molecular flexibility index (Phi) is 6.55. The molecule has 2 rings (SSSR count). The number of nitrogens with zero attached hydrogens (tertiary/aromatic N) is 3. The van der Waals surface area contributed by atoms with Crippen LogP contribution in [-0.4, -0.2) is 43.1 Å². The molecular formula is C14H25ClN4. The van der Waals surface area contributed by atoms with Gasteiger partial charge in [0.25, 0.3) is 0 Å². The van der Waals surface area contributed by atoms with Crippen molar-refractivity contribution in [3.63, 3.8) is 0 Å². The van der Waals surface area contributed by atoms with Crippen molar-refractivity contribution in [1.82, 2.24) is 9.88 Å². The van der Waals surface area contributed by atoms with Crippen LogP contribution in [0.3, 0.4) is 0 Å². The van der Waals surface area contributed by atoms with E-state index in [1.165, 1.54) is 18.5 Å². The van der Waals surface area contributed by atoms with Crippen LogP contribution >= 0.6 is 12.4 Å². The quantitative estimate of drug-likeness (QED) is 0.895. The number of aromatic nitrogens is 1. The third-order valence-corrected chi connectivity index (χ3v) is 3.78. The van der Waals surface area contributed by atoms with E-state index in [0.29, 0.717) is 5.92 Å². The maximum absolute atomic E-state index is 5.71. The standard InChI is InChI=1S/C14H24N4.ClH/c1-3-17(2)14-5-4-13(9-16-14)11-18-7-6-12(8-15)10-18;/h4-5,9,12H,3,6-8,10-11,15H2,1-2H3;1H. The fourth-order valence-corrected chi connectivity index (χ4v) is 2.41. The van der Waals surface area contributed by atoms with Crippen LogP contribution in [0.1, 0.15) is 18.9 Å². The Hall–Kier alpha value is -0.840. The lowest BCUT2D eigenvalue weighted by Gasteiger charge is -2.18. The van der Waals surface area contributed by atoms with E-state index in [-0.39, 0.29) is 12.4 Å². The first kappa shape index (κ1) is 16.2. The van der Waals surface area contributed by atoms with E-state index in [0.717, 1.165) is 32.0 Å². The van der Waals surface area contributed by atoms with Gasteiger partial charge in [-0.15, -0.1) is 12.4 Å².